The Kier molecular flexibility index (Phi) is 3.32. The first-order valence-corrected chi connectivity index (χ1v) is 7.71. The number of rotatable bonds is 4. The highest BCUT2D eigenvalue weighted by Crippen LogP contribution is 2.62. The van der Waals surface area contributed by atoms with E-state index in [0.29, 0.717) is 41.3 Å². The summed E-state index contributed by atoms with van der Waals surface area (Å²) in [5.41, 5.74) is 0. The third-order valence-electron chi connectivity index (χ3n) is 6.14. The summed E-state index contributed by atoms with van der Waals surface area (Å²) in [4.78, 5) is 13.0. The van der Waals surface area contributed by atoms with Gasteiger partial charge in [0.25, 0.3) is 0 Å². The Hall–Kier alpha value is -1.37. The molecule has 106 valence electrons. The highest BCUT2D eigenvalue weighted by Gasteiger charge is 2.62. The molecule has 0 aliphatic heterocycles. The summed E-state index contributed by atoms with van der Waals surface area (Å²) in [6.07, 6.45) is 10.2. The van der Waals surface area contributed by atoms with E-state index in [1.54, 1.807) is 0 Å². The summed E-state index contributed by atoms with van der Waals surface area (Å²) < 4.78 is 0. The second kappa shape index (κ2) is 4.87. The Labute approximate surface area is 122 Å². The van der Waals surface area contributed by atoms with Gasteiger partial charge in [-0.15, -0.1) is 26.3 Å². The molecule has 0 aromatic carbocycles. The first kappa shape index (κ1) is 13.6. The molecule has 0 bridgehead atoms. The molecule has 8 atom stereocenters. The van der Waals surface area contributed by atoms with Crippen LogP contribution in [0.3, 0.4) is 0 Å². The van der Waals surface area contributed by atoms with Gasteiger partial charge in [0.2, 0.25) is 0 Å². The van der Waals surface area contributed by atoms with Gasteiger partial charge in [0.05, 0.1) is 0 Å². The van der Waals surface area contributed by atoms with Crippen molar-refractivity contribution in [3.8, 4) is 0 Å². The van der Waals surface area contributed by atoms with Gasteiger partial charge in [-0.2, -0.15) is 0 Å². The van der Waals surface area contributed by atoms with Crippen molar-refractivity contribution in [3.63, 3.8) is 0 Å². The van der Waals surface area contributed by atoms with Crippen molar-refractivity contribution in [1.29, 1.82) is 0 Å². The number of carbonyl (C=O) groups is 1. The van der Waals surface area contributed by atoms with Crippen LogP contribution >= 0.6 is 0 Å². The highest BCUT2D eigenvalue weighted by molar-refractivity contribution is 5.88. The van der Waals surface area contributed by atoms with Crippen molar-refractivity contribution in [2.75, 3.05) is 0 Å². The fourth-order valence-electron chi connectivity index (χ4n) is 5.41. The van der Waals surface area contributed by atoms with Crippen LogP contribution in [-0.4, -0.2) is 5.78 Å². The first-order chi connectivity index (χ1) is 9.67. The van der Waals surface area contributed by atoms with Gasteiger partial charge in [0.15, 0.2) is 0 Å². The number of ketones is 1. The second-order valence-corrected chi connectivity index (χ2v) is 6.68. The predicted molar refractivity (Wildman–Crippen MR) is 82.9 cm³/mol. The van der Waals surface area contributed by atoms with Crippen LogP contribution < -0.4 is 0 Å². The molecule has 0 amide bonds. The monoisotopic (exact) mass is 268 g/mol. The zero-order chi connectivity index (χ0) is 14.4. The number of Topliss-reactive ketones (excluding diaryl/α,β-unsaturated/α-hetero) is 1. The van der Waals surface area contributed by atoms with Crippen molar-refractivity contribution >= 4 is 5.78 Å². The van der Waals surface area contributed by atoms with Crippen molar-refractivity contribution in [2.24, 2.45) is 47.3 Å². The largest absolute Gasteiger partial charge is 0.299 e. The number of carbonyl (C=O) groups excluding carboxylic acids is 1. The Morgan fingerprint density at radius 3 is 1.35 bits per heavy atom. The van der Waals surface area contributed by atoms with E-state index in [1.807, 2.05) is 12.2 Å². The zero-order valence-electron chi connectivity index (χ0n) is 12.1. The maximum Gasteiger partial charge on any atom is 0.140 e. The molecule has 3 aliphatic carbocycles. The molecule has 3 saturated carbocycles. The van der Waals surface area contributed by atoms with Gasteiger partial charge in [0.1, 0.15) is 5.78 Å². The Balaban J connectivity index is 2.04. The summed E-state index contributed by atoms with van der Waals surface area (Å²) >= 11 is 0. The molecule has 0 heterocycles. The van der Waals surface area contributed by atoms with E-state index in [2.05, 4.69) is 38.5 Å². The van der Waals surface area contributed by atoms with E-state index in [1.165, 1.54) is 0 Å². The zero-order valence-corrected chi connectivity index (χ0v) is 12.1. The lowest BCUT2D eigenvalue weighted by atomic mass is 9.78. The molecule has 0 N–H and O–H groups in total. The van der Waals surface area contributed by atoms with Gasteiger partial charge in [0, 0.05) is 11.8 Å². The number of allylic oxidation sites excluding steroid dienone is 4. The minimum atomic E-state index is 0.163. The van der Waals surface area contributed by atoms with Crippen LogP contribution in [0.15, 0.2) is 50.6 Å². The number of fused-ring (bicyclic) bond motifs is 3. The van der Waals surface area contributed by atoms with Gasteiger partial charge in [-0.3, -0.25) is 4.79 Å². The van der Waals surface area contributed by atoms with E-state index in [-0.39, 0.29) is 11.8 Å². The first-order valence-electron chi connectivity index (χ1n) is 7.71. The maximum absolute atomic E-state index is 13.0. The van der Waals surface area contributed by atoms with Crippen LogP contribution in [0.1, 0.15) is 12.8 Å². The lowest BCUT2D eigenvalue weighted by Crippen LogP contribution is -2.22. The average molecular weight is 268 g/mol. The minimum Gasteiger partial charge on any atom is -0.299 e. The molecule has 0 aromatic rings. The molecule has 0 saturated heterocycles. The molecule has 20 heavy (non-hydrogen) atoms. The average Bonchev–Trinajstić information content (AvgIpc) is 3.09. The molecule has 3 fully saturated rings. The molecule has 1 nitrogen and oxygen atoms in total. The van der Waals surface area contributed by atoms with Gasteiger partial charge >= 0.3 is 0 Å². The van der Waals surface area contributed by atoms with E-state index >= 15 is 0 Å². The van der Waals surface area contributed by atoms with Crippen LogP contribution in [0, 0.1) is 47.3 Å². The van der Waals surface area contributed by atoms with Gasteiger partial charge in [-0.05, 0) is 48.3 Å². The van der Waals surface area contributed by atoms with Crippen LogP contribution in [0.2, 0.25) is 0 Å². The molecule has 1 heteroatoms. The standard InChI is InChI=1S/C19H24O/c1-5-11-9-13(7-3)17-15(11)16-12(6-2)10-14(8-4)18(16)19(17)20/h5-8,11-18H,1-4,9-10H2/t11-,12+,13+,14-,15-,16-,17-,18-/m1/s1. The number of hydrogen-bond acceptors (Lipinski definition) is 1. The van der Waals surface area contributed by atoms with Crippen molar-refractivity contribution in [3.05, 3.63) is 50.6 Å². The van der Waals surface area contributed by atoms with Crippen LogP contribution in [0.4, 0.5) is 0 Å². The quantitative estimate of drug-likeness (QED) is 0.703. The maximum atomic E-state index is 13.0. The van der Waals surface area contributed by atoms with E-state index < -0.39 is 0 Å². The normalized spacial score (nSPS) is 49.5. The fourth-order valence-corrected chi connectivity index (χ4v) is 5.41. The van der Waals surface area contributed by atoms with E-state index in [9.17, 15) is 4.79 Å². The SMILES string of the molecule is C=C[C@@H]1C[C@H](C=C)[C@H]2[C@@H]1C(=O)[C@H]1[C@@H]2[C@H](C=C)C[C@@H]1C=C. The lowest BCUT2D eigenvalue weighted by Gasteiger charge is -2.26. The van der Waals surface area contributed by atoms with Gasteiger partial charge in [-0.25, -0.2) is 0 Å². The number of hydrogen-bond donors (Lipinski definition) is 0. The second-order valence-electron chi connectivity index (χ2n) is 6.68. The molecule has 0 radical (unpaired) electrons. The van der Waals surface area contributed by atoms with Crippen LogP contribution in [0.25, 0.3) is 0 Å². The molecule has 3 aliphatic rings. The smallest absolute Gasteiger partial charge is 0.140 e. The predicted octanol–water partition coefficient (Wildman–Crippen LogP) is 4.05. The molecule has 0 spiro atoms. The third-order valence-corrected chi connectivity index (χ3v) is 6.14. The fraction of sp³-hybridized carbons (Fsp3) is 0.526. The summed E-state index contributed by atoms with van der Waals surface area (Å²) in [5.74, 6) is 3.24. The topological polar surface area (TPSA) is 17.1 Å². The van der Waals surface area contributed by atoms with Gasteiger partial charge < -0.3 is 0 Å². The lowest BCUT2D eigenvalue weighted by molar-refractivity contribution is -0.125. The molecule has 3 rings (SSSR count). The van der Waals surface area contributed by atoms with E-state index in [0.717, 1.165) is 12.8 Å². The van der Waals surface area contributed by atoms with Gasteiger partial charge in [-0.1, -0.05) is 24.3 Å². The summed E-state index contributed by atoms with van der Waals surface area (Å²) in [6, 6.07) is 0. The summed E-state index contributed by atoms with van der Waals surface area (Å²) in [6.45, 7) is 15.9. The highest BCUT2D eigenvalue weighted by atomic mass is 16.1. The summed E-state index contributed by atoms with van der Waals surface area (Å²) in [5, 5.41) is 0. The molecular formula is C19H24O. The Morgan fingerprint density at radius 2 is 1.05 bits per heavy atom. The van der Waals surface area contributed by atoms with Crippen molar-refractivity contribution < 1.29 is 4.79 Å². The molecule has 0 unspecified atom stereocenters. The van der Waals surface area contributed by atoms with Crippen molar-refractivity contribution in [2.45, 2.75) is 12.8 Å². The Bertz CT molecular complexity index is 432. The third kappa shape index (κ3) is 1.58. The molecular weight excluding hydrogens is 244 g/mol. The van der Waals surface area contributed by atoms with Crippen molar-refractivity contribution in [1.82, 2.24) is 0 Å². The van der Waals surface area contributed by atoms with Crippen LogP contribution in [0.5, 0.6) is 0 Å². The van der Waals surface area contributed by atoms with E-state index in [4.69, 9.17) is 0 Å². The minimum absolute atomic E-state index is 0.163. The Morgan fingerprint density at radius 1 is 0.700 bits per heavy atom. The summed E-state index contributed by atoms with van der Waals surface area (Å²) in [7, 11) is 0. The van der Waals surface area contributed by atoms with Crippen LogP contribution in [-0.2, 0) is 4.79 Å². The molecule has 0 aromatic heterocycles.